The third-order valence-electron chi connectivity index (χ3n) is 2.04. The summed E-state index contributed by atoms with van der Waals surface area (Å²) >= 11 is 0. The van der Waals surface area contributed by atoms with Gasteiger partial charge in [0.1, 0.15) is 5.75 Å². The predicted octanol–water partition coefficient (Wildman–Crippen LogP) is 1.35. The van der Waals surface area contributed by atoms with E-state index in [1.807, 2.05) is 31.2 Å². The van der Waals surface area contributed by atoms with Crippen molar-refractivity contribution in [2.24, 2.45) is 0 Å². The van der Waals surface area contributed by atoms with Crippen LogP contribution in [0.5, 0.6) is 5.75 Å². The third-order valence-corrected chi connectivity index (χ3v) is 2.04. The number of rotatable bonds is 6. The van der Waals surface area contributed by atoms with E-state index in [1.54, 1.807) is 0 Å². The molecule has 0 saturated carbocycles. The summed E-state index contributed by atoms with van der Waals surface area (Å²) in [4.78, 5) is 10.9. The molecular weight excluding hydrogens is 206 g/mol. The van der Waals surface area contributed by atoms with E-state index in [-0.39, 0.29) is 12.5 Å². The lowest BCUT2D eigenvalue weighted by molar-refractivity contribution is -0.139. The Morgan fingerprint density at radius 1 is 1.44 bits per heavy atom. The van der Waals surface area contributed by atoms with Crippen molar-refractivity contribution < 1.29 is 14.3 Å². The molecule has 0 fully saturated rings. The van der Waals surface area contributed by atoms with E-state index in [2.05, 4.69) is 10.1 Å². The SMILES string of the molecule is CCOc1cccc(CNCC(=O)OC)c1. The highest BCUT2D eigenvalue weighted by atomic mass is 16.5. The van der Waals surface area contributed by atoms with Gasteiger partial charge in [0.05, 0.1) is 20.3 Å². The van der Waals surface area contributed by atoms with Gasteiger partial charge in [-0.15, -0.1) is 0 Å². The van der Waals surface area contributed by atoms with Crippen LogP contribution in [0.4, 0.5) is 0 Å². The average molecular weight is 223 g/mol. The first kappa shape index (κ1) is 12.5. The molecule has 1 N–H and O–H groups in total. The van der Waals surface area contributed by atoms with Crippen LogP contribution in [0, 0.1) is 0 Å². The van der Waals surface area contributed by atoms with Crippen molar-refractivity contribution in [1.82, 2.24) is 5.32 Å². The van der Waals surface area contributed by atoms with Crippen LogP contribution in [0.1, 0.15) is 12.5 Å². The van der Waals surface area contributed by atoms with Crippen LogP contribution in [-0.2, 0) is 16.1 Å². The molecule has 1 rings (SSSR count). The molecule has 4 heteroatoms. The maximum absolute atomic E-state index is 10.9. The van der Waals surface area contributed by atoms with Crippen LogP contribution in [0.15, 0.2) is 24.3 Å². The van der Waals surface area contributed by atoms with Crippen molar-refractivity contribution in [3.63, 3.8) is 0 Å². The second kappa shape index (κ2) is 6.85. The molecule has 0 aromatic heterocycles. The van der Waals surface area contributed by atoms with E-state index in [0.717, 1.165) is 11.3 Å². The largest absolute Gasteiger partial charge is 0.494 e. The Hall–Kier alpha value is -1.55. The fraction of sp³-hybridized carbons (Fsp3) is 0.417. The summed E-state index contributed by atoms with van der Waals surface area (Å²) in [5.74, 6) is 0.584. The topological polar surface area (TPSA) is 47.6 Å². The zero-order valence-electron chi connectivity index (χ0n) is 9.66. The van der Waals surface area contributed by atoms with Gasteiger partial charge in [-0.25, -0.2) is 0 Å². The van der Waals surface area contributed by atoms with Crippen molar-refractivity contribution in [1.29, 1.82) is 0 Å². The summed E-state index contributed by atoms with van der Waals surface area (Å²) in [6.07, 6.45) is 0. The maximum Gasteiger partial charge on any atom is 0.319 e. The van der Waals surface area contributed by atoms with Gasteiger partial charge in [0, 0.05) is 6.54 Å². The monoisotopic (exact) mass is 223 g/mol. The number of nitrogens with one attached hydrogen (secondary N) is 1. The van der Waals surface area contributed by atoms with Crippen LogP contribution in [-0.4, -0.2) is 26.2 Å². The molecule has 0 spiro atoms. The quantitative estimate of drug-likeness (QED) is 0.739. The molecule has 4 nitrogen and oxygen atoms in total. The van der Waals surface area contributed by atoms with Crippen LogP contribution in [0.2, 0.25) is 0 Å². The van der Waals surface area contributed by atoms with Crippen molar-refractivity contribution in [3.8, 4) is 5.75 Å². The van der Waals surface area contributed by atoms with E-state index in [0.29, 0.717) is 13.2 Å². The predicted molar refractivity (Wildman–Crippen MR) is 61.3 cm³/mol. The molecule has 0 aliphatic heterocycles. The van der Waals surface area contributed by atoms with E-state index in [4.69, 9.17) is 4.74 Å². The first-order valence-corrected chi connectivity index (χ1v) is 5.25. The number of hydrogen-bond donors (Lipinski definition) is 1. The van der Waals surface area contributed by atoms with Crippen molar-refractivity contribution in [2.45, 2.75) is 13.5 Å². The van der Waals surface area contributed by atoms with Gasteiger partial charge in [0.25, 0.3) is 0 Å². The van der Waals surface area contributed by atoms with E-state index in [1.165, 1.54) is 7.11 Å². The number of ether oxygens (including phenoxy) is 2. The maximum atomic E-state index is 10.9. The van der Waals surface area contributed by atoms with Gasteiger partial charge in [-0.05, 0) is 24.6 Å². The molecular formula is C12H17NO3. The van der Waals surface area contributed by atoms with Crippen molar-refractivity contribution >= 4 is 5.97 Å². The van der Waals surface area contributed by atoms with Crippen molar-refractivity contribution in [3.05, 3.63) is 29.8 Å². The number of esters is 1. The Labute approximate surface area is 95.6 Å². The van der Waals surface area contributed by atoms with E-state index in [9.17, 15) is 4.79 Å². The summed E-state index contributed by atoms with van der Waals surface area (Å²) < 4.78 is 9.90. The molecule has 1 aromatic carbocycles. The zero-order chi connectivity index (χ0) is 11.8. The normalized spacial score (nSPS) is 9.88. The zero-order valence-corrected chi connectivity index (χ0v) is 9.66. The van der Waals surface area contributed by atoms with Crippen LogP contribution >= 0.6 is 0 Å². The molecule has 0 bridgehead atoms. The molecule has 0 atom stereocenters. The minimum absolute atomic E-state index is 0.218. The summed E-state index contributed by atoms with van der Waals surface area (Å²) in [6, 6.07) is 7.77. The number of carbonyl (C=O) groups excluding carboxylic acids is 1. The Balaban J connectivity index is 2.41. The highest BCUT2D eigenvalue weighted by Crippen LogP contribution is 2.12. The number of benzene rings is 1. The van der Waals surface area contributed by atoms with Crippen molar-refractivity contribution in [2.75, 3.05) is 20.3 Å². The number of methoxy groups -OCH3 is 1. The van der Waals surface area contributed by atoms with Crippen LogP contribution in [0.25, 0.3) is 0 Å². The molecule has 88 valence electrons. The van der Waals surface area contributed by atoms with Crippen LogP contribution < -0.4 is 10.1 Å². The molecule has 16 heavy (non-hydrogen) atoms. The molecule has 0 aliphatic rings. The molecule has 0 saturated heterocycles. The number of carbonyl (C=O) groups is 1. The minimum Gasteiger partial charge on any atom is -0.494 e. The molecule has 1 aromatic rings. The van der Waals surface area contributed by atoms with Gasteiger partial charge in [-0.3, -0.25) is 4.79 Å². The summed E-state index contributed by atoms with van der Waals surface area (Å²) in [5, 5.41) is 2.99. The highest BCUT2D eigenvalue weighted by Gasteiger charge is 2.00. The van der Waals surface area contributed by atoms with E-state index < -0.39 is 0 Å². The summed E-state index contributed by atoms with van der Waals surface area (Å²) in [5.41, 5.74) is 1.08. The highest BCUT2D eigenvalue weighted by molar-refractivity contribution is 5.71. The Kier molecular flexibility index (Phi) is 5.36. The third kappa shape index (κ3) is 4.31. The Morgan fingerprint density at radius 3 is 2.94 bits per heavy atom. The summed E-state index contributed by atoms with van der Waals surface area (Å²) in [7, 11) is 1.37. The number of hydrogen-bond acceptors (Lipinski definition) is 4. The van der Waals surface area contributed by atoms with Gasteiger partial charge in [0.2, 0.25) is 0 Å². The minimum atomic E-state index is -0.263. The lowest BCUT2D eigenvalue weighted by Crippen LogP contribution is -2.23. The molecule has 0 unspecified atom stereocenters. The fourth-order valence-corrected chi connectivity index (χ4v) is 1.29. The van der Waals surface area contributed by atoms with Gasteiger partial charge in [-0.2, -0.15) is 0 Å². The first-order valence-electron chi connectivity index (χ1n) is 5.25. The Bertz CT molecular complexity index is 339. The van der Waals surface area contributed by atoms with Gasteiger partial charge >= 0.3 is 5.97 Å². The first-order chi connectivity index (χ1) is 7.76. The molecule has 0 heterocycles. The lowest BCUT2D eigenvalue weighted by Gasteiger charge is -2.06. The van der Waals surface area contributed by atoms with Crippen LogP contribution in [0.3, 0.4) is 0 Å². The van der Waals surface area contributed by atoms with Gasteiger partial charge < -0.3 is 14.8 Å². The standard InChI is InChI=1S/C12H17NO3/c1-3-16-11-6-4-5-10(7-11)8-13-9-12(14)15-2/h4-7,13H,3,8-9H2,1-2H3. The lowest BCUT2D eigenvalue weighted by atomic mass is 10.2. The van der Waals surface area contributed by atoms with E-state index >= 15 is 0 Å². The molecule has 0 radical (unpaired) electrons. The summed E-state index contributed by atoms with van der Waals surface area (Å²) in [6.45, 7) is 3.44. The molecule has 0 aliphatic carbocycles. The Morgan fingerprint density at radius 2 is 2.25 bits per heavy atom. The average Bonchev–Trinajstić information content (AvgIpc) is 2.30. The van der Waals surface area contributed by atoms with Gasteiger partial charge in [-0.1, -0.05) is 12.1 Å². The fourth-order valence-electron chi connectivity index (χ4n) is 1.29. The van der Waals surface area contributed by atoms with Gasteiger partial charge in [0.15, 0.2) is 0 Å². The second-order valence-electron chi connectivity index (χ2n) is 3.26. The smallest absolute Gasteiger partial charge is 0.319 e. The second-order valence-corrected chi connectivity index (χ2v) is 3.26. The molecule has 0 amide bonds.